The van der Waals surface area contributed by atoms with E-state index in [2.05, 4.69) is 0 Å². The third-order valence-electron chi connectivity index (χ3n) is 7.78. The van der Waals surface area contributed by atoms with Crippen LogP contribution in [0.4, 0.5) is 5.69 Å². The second kappa shape index (κ2) is 7.75. The van der Waals surface area contributed by atoms with Crippen molar-refractivity contribution < 1.29 is 14.4 Å². The average molecular weight is 471 g/mol. The van der Waals surface area contributed by atoms with Gasteiger partial charge in [0, 0.05) is 11.8 Å². The summed E-state index contributed by atoms with van der Waals surface area (Å²) in [6.45, 7) is 0. The Bertz CT molecular complexity index is 1590. The number of amides is 2. The molecule has 2 amide bonds. The number of carbonyl (C=O) groups excluding carboxylic acids is 3. The van der Waals surface area contributed by atoms with Crippen molar-refractivity contribution in [3.63, 3.8) is 0 Å². The third-order valence-corrected chi connectivity index (χ3v) is 7.78. The standard InChI is InChI=1S/C31H22N2O3/c34-29(21-10-2-1-3-11-21)28-26-25(27-24-13-7-6-9-20(24)16-17-32(27)28)30(35)33(31(26)36)23-15-14-19-8-4-5-12-22(19)18-23/h1-18,25-28H/t25-,26+,27+,28-/m1/s1. The summed E-state index contributed by atoms with van der Waals surface area (Å²) in [6.07, 6.45) is 3.85. The molecular weight excluding hydrogens is 448 g/mol. The molecule has 3 heterocycles. The fourth-order valence-electron chi connectivity index (χ4n) is 6.20. The minimum atomic E-state index is -0.766. The minimum absolute atomic E-state index is 0.140. The van der Waals surface area contributed by atoms with Gasteiger partial charge in [-0.25, -0.2) is 4.90 Å². The van der Waals surface area contributed by atoms with E-state index < -0.39 is 17.9 Å². The molecule has 2 saturated heterocycles. The second-order valence-electron chi connectivity index (χ2n) is 9.61. The maximum Gasteiger partial charge on any atom is 0.240 e. The van der Waals surface area contributed by atoms with E-state index in [4.69, 9.17) is 0 Å². The number of ketones is 1. The van der Waals surface area contributed by atoms with Crippen molar-refractivity contribution in [3.05, 3.63) is 120 Å². The molecule has 4 aromatic carbocycles. The summed E-state index contributed by atoms with van der Waals surface area (Å²) in [5.41, 5.74) is 3.07. The number of rotatable bonds is 3. The van der Waals surface area contributed by atoms with Gasteiger partial charge in [0.2, 0.25) is 11.8 Å². The first-order chi connectivity index (χ1) is 17.6. The number of anilines is 1. The van der Waals surface area contributed by atoms with Crippen molar-refractivity contribution in [3.8, 4) is 0 Å². The summed E-state index contributed by atoms with van der Waals surface area (Å²) in [5, 5.41) is 1.99. The summed E-state index contributed by atoms with van der Waals surface area (Å²) in [6, 6.07) is 29.3. The smallest absolute Gasteiger partial charge is 0.240 e. The van der Waals surface area contributed by atoms with Gasteiger partial charge in [-0.3, -0.25) is 14.4 Å². The molecule has 0 saturated carbocycles. The van der Waals surface area contributed by atoms with Crippen molar-refractivity contribution in [2.75, 3.05) is 4.90 Å². The monoisotopic (exact) mass is 470 g/mol. The first kappa shape index (κ1) is 20.8. The van der Waals surface area contributed by atoms with Crippen LogP contribution >= 0.6 is 0 Å². The number of hydrogen-bond acceptors (Lipinski definition) is 4. The maximum absolute atomic E-state index is 14.0. The van der Waals surface area contributed by atoms with E-state index in [-0.39, 0.29) is 23.6 Å². The second-order valence-corrected chi connectivity index (χ2v) is 9.61. The molecule has 0 aromatic heterocycles. The Labute approximate surface area is 208 Å². The topological polar surface area (TPSA) is 57.7 Å². The molecule has 0 radical (unpaired) electrons. The lowest BCUT2D eigenvalue weighted by atomic mass is 9.83. The Hall–Kier alpha value is -4.51. The van der Waals surface area contributed by atoms with Crippen LogP contribution in [0.2, 0.25) is 0 Å². The molecule has 36 heavy (non-hydrogen) atoms. The van der Waals surface area contributed by atoms with E-state index in [0.717, 1.165) is 21.9 Å². The molecule has 4 aromatic rings. The van der Waals surface area contributed by atoms with Crippen molar-refractivity contribution in [2.45, 2.75) is 12.1 Å². The molecule has 0 spiro atoms. The molecular formula is C31H22N2O3. The SMILES string of the molecule is O=C(c1ccccc1)[C@H]1[C@H]2C(=O)N(c3ccc4ccccc4c3)C(=O)[C@H]2[C@@H]2c3ccccc3C=CN12. The van der Waals surface area contributed by atoms with Crippen molar-refractivity contribution >= 4 is 40.1 Å². The fourth-order valence-corrected chi connectivity index (χ4v) is 6.20. The van der Waals surface area contributed by atoms with E-state index in [0.29, 0.717) is 11.3 Å². The molecule has 4 atom stereocenters. The van der Waals surface area contributed by atoms with Crippen molar-refractivity contribution in [1.29, 1.82) is 0 Å². The van der Waals surface area contributed by atoms with Crippen LogP contribution in [-0.2, 0) is 9.59 Å². The van der Waals surface area contributed by atoms with Crippen LogP contribution in [0, 0.1) is 11.8 Å². The van der Waals surface area contributed by atoms with Gasteiger partial charge >= 0.3 is 0 Å². The van der Waals surface area contributed by atoms with Crippen LogP contribution < -0.4 is 4.90 Å². The maximum atomic E-state index is 14.0. The first-order valence-electron chi connectivity index (χ1n) is 12.1. The summed E-state index contributed by atoms with van der Waals surface area (Å²) in [7, 11) is 0. The third kappa shape index (κ3) is 2.86. The highest BCUT2D eigenvalue weighted by molar-refractivity contribution is 6.25. The van der Waals surface area contributed by atoms with Gasteiger partial charge in [0.25, 0.3) is 0 Å². The Kier molecular flexibility index (Phi) is 4.48. The van der Waals surface area contributed by atoms with Crippen LogP contribution in [0.5, 0.6) is 0 Å². The molecule has 5 heteroatoms. The van der Waals surface area contributed by atoms with Crippen LogP contribution in [-0.4, -0.2) is 28.5 Å². The zero-order valence-electron chi connectivity index (χ0n) is 19.3. The molecule has 0 bridgehead atoms. The summed E-state index contributed by atoms with van der Waals surface area (Å²) < 4.78 is 0. The summed E-state index contributed by atoms with van der Waals surface area (Å²) >= 11 is 0. The lowest BCUT2D eigenvalue weighted by Gasteiger charge is -2.35. The largest absolute Gasteiger partial charge is 0.358 e. The van der Waals surface area contributed by atoms with Gasteiger partial charge in [-0.05, 0) is 40.1 Å². The van der Waals surface area contributed by atoms with Gasteiger partial charge in [0.15, 0.2) is 5.78 Å². The number of fused-ring (bicyclic) bond motifs is 6. The lowest BCUT2D eigenvalue weighted by Crippen LogP contribution is -2.44. The van der Waals surface area contributed by atoms with Crippen molar-refractivity contribution in [2.24, 2.45) is 11.8 Å². The summed E-state index contributed by atoms with van der Waals surface area (Å²) in [4.78, 5) is 45.2. The highest BCUT2D eigenvalue weighted by atomic mass is 16.2. The molecule has 0 aliphatic carbocycles. The fraction of sp³-hybridized carbons (Fsp3) is 0.129. The van der Waals surface area contributed by atoms with Gasteiger partial charge < -0.3 is 4.90 Å². The number of imide groups is 1. The molecule has 2 fully saturated rings. The number of nitrogens with zero attached hydrogens (tertiary/aromatic N) is 2. The minimum Gasteiger partial charge on any atom is -0.358 e. The van der Waals surface area contributed by atoms with Crippen molar-refractivity contribution in [1.82, 2.24) is 4.90 Å². The number of hydrogen-bond donors (Lipinski definition) is 0. The average Bonchev–Trinajstić information content (AvgIpc) is 3.40. The van der Waals surface area contributed by atoms with Crippen LogP contribution in [0.3, 0.4) is 0 Å². The van der Waals surface area contributed by atoms with Gasteiger partial charge in [-0.1, -0.05) is 84.9 Å². The first-order valence-corrected chi connectivity index (χ1v) is 12.1. The van der Waals surface area contributed by atoms with E-state index in [9.17, 15) is 14.4 Å². The molecule has 7 rings (SSSR count). The Balaban J connectivity index is 1.38. The summed E-state index contributed by atoms with van der Waals surface area (Å²) in [5.74, 6) is -2.11. The Morgan fingerprint density at radius 3 is 2.22 bits per heavy atom. The number of benzene rings is 4. The van der Waals surface area contributed by atoms with Gasteiger partial charge in [0.05, 0.1) is 23.6 Å². The zero-order valence-corrected chi connectivity index (χ0v) is 19.3. The van der Waals surface area contributed by atoms with E-state index in [1.165, 1.54) is 4.90 Å². The molecule has 174 valence electrons. The molecule has 0 N–H and O–H groups in total. The van der Waals surface area contributed by atoms with Crippen LogP contribution in [0.25, 0.3) is 16.8 Å². The Morgan fingerprint density at radius 1 is 0.694 bits per heavy atom. The van der Waals surface area contributed by atoms with Crippen LogP contribution in [0.1, 0.15) is 27.5 Å². The predicted molar refractivity (Wildman–Crippen MR) is 138 cm³/mol. The highest BCUT2D eigenvalue weighted by Gasteiger charge is 2.64. The Morgan fingerprint density at radius 2 is 1.39 bits per heavy atom. The quantitative estimate of drug-likeness (QED) is 0.304. The molecule has 5 nitrogen and oxygen atoms in total. The van der Waals surface area contributed by atoms with E-state index in [1.54, 1.807) is 12.1 Å². The number of Topliss-reactive ketones (excluding diaryl/α,β-unsaturated/α-hetero) is 1. The van der Waals surface area contributed by atoms with Gasteiger partial charge in [-0.15, -0.1) is 0 Å². The predicted octanol–water partition coefficient (Wildman–Crippen LogP) is 5.24. The number of carbonyl (C=O) groups is 3. The molecule has 3 aliphatic heterocycles. The zero-order chi connectivity index (χ0) is 24.4. The lowest BCUT2D eigenvalue weighted by molar-refractivity contribution is -0.123. The molecule has 3 aliphatic rings. The van der Waals surface area contributed by atoms with Crippen LogP contribution in [0.15, 0.2) is 103 Å². The normalized spacial score (nSPS) is 24.1. The van der Waals surface area contributed by atoms with E-state index >= 15 is 0 Å². The molecule has 0 unspecified atom stereocenters. The highest BCUT2D eigenvalue weighted by Crippen LogP contribution is 2.53. The van der Waals surface area contributed by atoms with Gasteiger partial charge in [0.1, 0.15) is 6.04 Å². The van der Waals surface area contributed by atoms with Gasteiger partial charge in [-0.2, -0.15) is 0 Å². The van der Waals surface area contributed by atoms with E-state index in [1.807, 2.05) is 102 Å².